The maximum absolute atomic E-state index is 12.1. The highest BCUT2D eigenvalue weighted by Crippen LogP contribution is 2.27. The molecule has 1 heterocycles. The largest absolute Gasteiger partial charge is 0.433 e. The van der Waals surface area contributed by atoms with E-state index >= 15 is 0 Å². The van der Waals surface area contributed by atoms with E-state index in [9.17, 15) is 25.5 Å². The Balaban J connectivity index is 2.91. The number of hydrogen-bond donors (Lipinski definition) is 0. The first kappa shape index (κ1) is 11.9. The molecule has 0 atom stereocenters. The molecule has 0 aliphatic carbocycles. The molecule has 3 nitrogen and oxygen atoms in total. The van der Waals surface area contributed by atoms with E-state index in [1.54, 1.807) is 0 Å². The molecule has 0 radical (unpaired) electrons. The molecule has 0 aliphatic rings. The second kappa shape index (κ2) is 3.76. The third-order valence-corrected chi connectivity index (χ3v) is 2.13. The van der Waals surface area contributed by atoms with Gasteiger partial charge in [-0.3, -0.25) is 4.98 Å². The zero-order valence-corrected chi connectivity index (χ0v) is 7.94. The van der Waals surface area contributed by atoms with Crippen molar-refractivity contribution >= 4 is 10.2 Å². The predicted octanol–water partition coefficient (Wildman–Crippen LogP) is 1.90. The molecular weight excluding hydrogens is 238 g/mol. The molecule has 0 fully saturated rings. The molecule has 1 aromatic rings. The molecule has 0 bridgehead atoms. The van der Waals surface area contributed by atoms with Gasteiger partial charge in [-0.1, -0.05) is 6.07 Å². The summed E-state index contributed by atoms with van der Waals surface area (Å²) >= 11 is 0. The van der Waals surface area contributed by atoms with Crippen LogP contribution in [0.4, 0.5) is 17.1 Å². The van der Waals surface area contributed by atoms with E-state index in [1.807, 2.05) is 0 Å². The zero-order chi connectivity index (χ0) is 11.7. The van der Waals surface area contributed by atoms with E-state index < -0.39 is 27.8 Å². The van der Waals surface area contributed by atoms with Crippen LogP contribution in [-0.2, 0) is 22.2 Å². The molecule has 0 spiro atoms. The number of aromatic nitrogens is 1. The maximum Gasteiger partial charge on any atom is 0.433 e. The van der Waals surface area contributed by atoms with Gasteiger partial charge in [0.1, 0.15) is 11.4 Å². The molecule has 84 valence electrons. The van der Waals surface area contributed by atoms with Crippen LogP contribution >= 0.6 is 0 Å². The van der Waals surface area contributed by atoms with Gasteiger partial charge in [0.15, 0.2) is 0 Å². The average molecular weight is 243 g/mol. The van der Waals surface area contributed by atoms with Crippen molar-refractivity contribution in [1.29, 1.82) is 0 Å². The number of hydrogen-bond acceptors (Lipinski definition) is 3. The van der Waals surface area contributed by atoms with Gasteiger partial charge in [-0.2, -0.15) is 21.6 Å². The summed E-state index contributed by atoms with van der Waals surface area (Å²) in [6.07, 6.45) is -3.91. The molecule has 8 heteroatoms. The van der Waals surface area contributed by atoms with Crippen LogP contribution in [0.5, 0.6) is 0 Å². The van der Waals surface area contributed by atoms with Crippen molar-refractivity contribution in [1.82, 2.24) is 4.98 Å². The summed E-state index contributed by atoms with van der Waals surface area (Å²) in [5, 5.41) is 0. The van der Waals surface area contributed by atoms with Crippen molar-refractivity contribution in [2.24, 2.45) is 0 Å². The van der Waals surface area contributed by atoms with Gasteiger partial charge in [0, 0.05) is 6.20 Å². The zero-order valence-electron chi connectivity index (χ0n) is 7.12. The molecule has 0 amide bonds. The average Bonchev–Trinajstić information content (AvgIpc) is 2.00. The second-order valence-corrected chi connectivity index (χ2v) is 4.10. The van der Waals surface area contributed by atoms with E-state index in [1.165, 1.54) is 0 Å². The molecule has 0 saturated carbocycles. The summed E-state index contributed by atoms with van der Waals surface area (Å²) in [4.78, 5) is 2.98. The van der Waals surface area contributed by atoms with Crippen LogP contribution in [0, 0.1) is 0 Å². The Morgan fingerprint density at radius 2 is 1.87 bits per heavy atom. The summed E-state index contributed by atoms with van der Waals surface area (Å²) in [7, 11) is -4.75. The predicted molar refractivity (Wildman–Crippen MR) is 43.0 cm³/mol. The second-order valence-electron chi connectivity index (χ2n) is 2.73. The summed E-state index contributed by atoms with van der Waals surface area (Å²) in [6.45, 7) is 0. The molecule has 0 aliphatic heterocycles. The van der Waals surface area contributed by atoms with E-state index in [2.05, 4.69) is 4.98 Å². The smallest absolute Gasteiger partial charge is 0.251 e. The summed E-state index contributed by atoms with van der Waals surface area (Å²) in [5.41, 5.74) is -1.28. The van der Waals surface area contributed by atoms with Crippen LogP contribution in [0.15, 0.2) is 18.3 Å². The Morgan fingerprint density at radius 3 is 2.20 bits per heavy atom. The number of halogens is 4. The molecule has 15 heavy (non-hydrogen) atoms. The van der Waals surface area contributed by atoms with Crippen molar-refractivity contribution in [3.05, 3.63) is 29.6 Å². The fraction of sp³-hybridized carbons (Fsp3) is 0.286. The van der Waals surface area contributed by atoms with Gasteiger partial charge in [-0.05, 0) is 11.6 Å². The summed E-state index contributed by atoms with van der Waals surface area (Å²) in [6, 6.07) is 1.47. The molecular formula is C7H5F4NO2S. The highest BCUT2D eigenvalue weighted by atomic mass is 32.3. The van der Waals surface area contributed by atoms with Crippen LogP contribution < -0.4 is 0 Å². The fourth-order valence-corrected chi connectivity index (χ4v) is 1.45. The normalized spacial score (nSPS) is 12.8. The first-order valence-electron chi connectivity index (χ1n) is 3.63. The number of alkyl halides is 3. The van der Waals surface area contributed by atoms with Crippen molar-refractivity contribution in [2.45, 2.75) is 11.9 Å². The van der Waals surface area contributed by atoms with Crippen LogP contribution in [-0.4, -0.2) is 13.4 Å². The minimum atomic E-state index is -4.75. The minimum Gasteiger partial charge on any atom is -0.251 e. The Kier molecular flexibility index (Phi) is 2.98. The van der Waals surface area contributed by atoms with E-state index in [-0.39, 0.29) is 5.56 Å². The highest BCUT2D eigenvalue weighted by Gasteiger charge is 2.32. The Bertz CT molecular complexity index is 437. The lowest BCUT2D eigenvalue weighted by atomic mass is 10.3. The minimum absolute atomic E-state index is 0.134. The van der Waals surface area contributed by atoms with Crippen LogP contribution in [0.1, 0.15) is 11.3 Å². The Morgan fingerprint density at radius 1 is 1.27 bits per heavy atom. The lowest BCUT2D eigenvalue weighted by Crippen LogP contribution is -2.08. The van der Waals surface area contributed by atoms with Crippen molar-refractivity contribution in [3.63, 3.8) is 0 Å². The summed E-state index contributed by atoms with van der Waals surface area (Å²) in [5.74, 6) is -0.974. The van der Waals surface area contributed by atoms with Gasteiger partial charge < -0.3 is 0 Å². The maximum atomic E-state index is 12.1. The lowest BCUT2D eigenvalue weighted by molar-refractivity contribution is -0.141. The topological polar surface area (TPSA) is 47.0 Å². The van der Waals surface area contributed by atoms with Crippen molar-refractivity contribution in [2.75, 3.05) is 0 Å². The van der Waals surface area contributed by atoms with Gasteiger partial charge in [0.05, 0.1) is 0 Å². The first-order chi connectivity index (χ1) is 6.68. The highest BCUT2D eigenvalue weighted by molar-refractivity contribution is 7.85. The van der Waals surface area contributed by atoms with Gasteiger partial charge in [-0.25, -0.2) is 0 Å². The third kappa shape index (κ3) is 3.82. The summed E-state index contributed by atoms with van der Waals surface area (Å²) < 4.78 is 68.5. The molecule has 1 rings (SSSR count). The van der Waals surface area contributed by atoms with Crippen LogP contribution in [0.3, 0.4) is 0 Å². The molecule has 0 unspecified atom stereocenters. The number of pyridine rings is 1. The first-order valence-corrected chi connectivity index (χ1v) is 5.18. The fourth-order valence-electron chi connectivity index (χ4n) is 0.877. The van der Waals surface area contributed by atoms with E-state index in [0.717, 1.165) is 6.07 Å². The SMILES string of the molecule is O=S(=O)(F)Cc1ccc(C(F)(F)F)nc1. The van der Waals surface area contributed by atoms with Crippen molar-refractivity contribution in [3.8, 4) is 0 Å². The Hall–Kier alpha value is -1.18. The number of nitrogens with zero attached hydrogens (tertiary/aromatic N) is 1. The quantitative estimate of drug-likeness (QED) is 0.588. The third-order valence-electron chi connectivity index (χ3n) is 1.45. The van der Waals surface area contributed by atoms with Crippen molar-refractivity contribution < 1.29 is 25.5 Å². The van der Waals surface area contributed by atoms with Crippen LogP contribution in [0.25, 0.3) is 0 Å². The molecule has 0 saturated heterocycles. The van der Waals surface area contributed by atoms with Crippen LogP contribution in [0.2, 0.25) is 0 Å². The van der Waals surface area contributed by atoms with Gasteiger partial charge in [0.2, 0.25) is 0 Å². The van der Waals surface area contributed by atoms with E-state index in [0.29, 0.717) is 12.3 Å². The molecule has 0 N–H and O–H groups in total. The van der Waals surface area contributed by atoms with Gasteiger partial charge in [-0.15, -0.1) is 3.89 Å². The molecule has 0 aromatic carbocycles. The lowest BCUT2D eigenvalue weighted by Gasteiger charge is -2.05. The van der Waals surface area contributed by atoms with E-state index in [4.69, 9.17) is 0 Å². The van der Waals surface area contributed by atoms with Gasteiger partial charge in [0.25, 0.3) is 0 Å². The Labute approximate surface area is 83.0 Å². The number of rotatable bonds is 2. The van der Waals surface area contributed by atoms with Gasteiger partial charge >= 0.3 is 16.4 Å². The monoisotopic (exact) mass is 243 g/mol. The molecule has 1 aromatic heterocycles. The standard InChI is InChI=1S/C7H5F4NO2S/c8-7(9,10)6-2-1-5(3-12-6)4-15(11,13)14/h1-3H,4H2.